The molecule has 1 aromatic heterocycles. The third-order valence-corrected chi connectivity index (χ3v) is 4.84. The van der Waals surface area contributed by atoms with Gasteiger partial charge in [0.15, 0.2) is 0 Å². The van der Waals surface area contributed by atoms with Crippen LogP contribution >= 0.6 is 0 Å². The molecular formula is C19H27NO. The Morgan fingerprint density at radius 3 is 1.86 bits per heavy atom. The number of hydrogen-bond donors (Lipinski definition) is 1. The second-order valence-electron chi connectivity index (χ2n) is 6.02. The zero-order valence-corrected chi connectivity index (χ0v) is 14.3. The molecule has 0 bridgehead atoms. The fourth-order valence-electron chi connectivity index (χ4n) is 3.17. The number of nitrogens with one attached hydrogen (secondary N) is 1. The van der Waals surface area contributed by atoms with Crippen LogP contribution in [0, 0.1) is 41.5 Å². The van der Waals surface area contributed by atoms with Crippen LogP contribution < -0.4 is 5.32 Å². The molecule has 0 fully saturated rings. The van der Waals surface area contributed by atoms with Gasteiger partial charge in [0.25, 0.3) is 0 Å². The molecule has 0 saturated carbocycles. The van der Waals surface area contributed by atoms with Crippen molar-refractivity contribution in [1.82, 2.24) is 5.32 Å². The van der Waals surface area contributed by atoms with Crippen molar-refractivity contribution in [3.63, 3.8) is 0 Å². The molecule has 21 heavy (non-hydrogen) atoms. The molecular weight excluding hydrogens is 258 g/mol. The summed E-state index contributed by atoms with van der Waals surface area (Å²) in [5.74, 6) is 0.962. The van der Waals surface area contributed by atoms with Gasteiger partial charge in [0.05, 0.1) is 12.3 Å². The van der Waals surface area contributed by atoms with E-state index in [0.717, 1.165) is 12.3 Å². The number of furan rings is 1. The van der Waals surface area contributed by atoms with Crippen LogP contribution in [0.5, 0.6) is 0 Å². The first kappa shape index (κ1) is 15.8. The van der Waals surface area contributed by atoms with Crippen molar-refractivity contribution in [1.29, 1.82) is 0 Å². The Hall–Kier alpha value is -1.54. The predicted molar refractivity (Wildman–Crippen MR) is 89.1 cm³/mol. The van der Waals surface area contributed by atoms with E-state index in [1.54, 1.807) is 0 Å². The molecule has 2 aromatic rings. The second kappa shape index (κ2) is 6.07. The Bertz CT molecular complexity index is 623. The quantitative estimate of drug-likeness (QED) is 0.870. The first-order chi connectivity index (χ1) is 9.88. The summed E-state index contributed by atoms with van der Waals surface area (Å²) in [6, 6.07) is 2.34. The molecule has 1 atom stereocenters. The van der Waals surface area contributed by atoms with Crippen LogP contribution in [0.3, 0.4) is 0 Å². The summed E-state index contributed by atoms with van der Waals surface area (Å²) >= 11 is 0. The number of rotatable bonds is 4. The number of benzene rings is 1. The molecule has 0 aliphatic rings. The van der Waals surface area contributed by atoms with Gasteiger partial charge in [0.2, 0.25) is 0 Å². The second-order valence-corrected chi connectivity index (χ2v) is 6.02. The topological polar surface area (TPSA) is 25.2 Å². The first-order valence-electron chi connectivity index (χ1n) is 7.73. The minimum absolute atomic E-state index is 0.199. The molecule has 1 N–H and O–H groups in total. The van der Waals surface area contributed by atoms with E-state index in [1.165, 1.54) is 38.9 Å². The molecule has 1 heterocycles. The van der Waals surface area contributed by atoms with Gasteiger partial charge in [-0.05, 0) is 87.5 Å². The molecule has 2 nitrogen and oxygen atoms in total. The summed E-state index contributed by atoms with van der Waals surface area (Å²) in [4.78, 5) is 0. The summed E-state index contributed by atoms with van der Waals surface area (Å²) in [5.41, 5.74) is 9.60. The summed E-state index contributed by atoms with van der Waals surface area (Å²) in [5, 5.41) is 3.62. The fraction of sp³-hybridized carbons (Fsp3) is 0.474. The minimum Gasteiger partial charge on any atom is -0.469 e. The zero-order chi connectivity index (χ0) is 15.7. The third kappa shape index (κ3) is 2.77. The van der Waals surface area contributed by atoms with Crippen molar-refractivity contribution in [2.24, 2.45) is 0 Å². The fourth-order valence-corrected chi connectivity index (χ4v) is 3.17. The van der Waals surface area contributed by atoms with Crippen LogP contribution in [0.15, 0.2) is 16.7 Å². The van der Waals surface area contributed by atoms with Crippen molar-refractivity contribution in [2.45, 2.75) is 54.5 Å². The molecule has 0 spiro atoms. The normalized spacial score (nSPS) is 12.7. The molecule has 0 radical (unpaired) electrons. The van der Waals surface area contributed by atoms with Gasteiger partial charge in [-0.3, -0.25) is 0 Å². The van der Waals surface area contributed by atoms with Crippen molar-refractivity contribution in [3.05, 3.63) is 57.0 Å². The van der Waals surface area contributed by atoms with Crippen molar-refractivity contribution < 1.29 is 4.42 Å². The van der Waals surface area contributed by atoms with Crippen LogP contribution in [0.25, 0.3) is 0 Å². The first-order valence-corrected chi connectivity index (χ1v) is 7.73. The highest BCUT2D eigenvalue weighted by molar-refractivity contribution is 5.52. The van der Waals surface area contributed by atoms with Gasteiger partial charge in [-0.1, -0.05) is 6.92 Å². The predicted octanol–water partition coefficient (Wildman–Crippen LogP) is 4.83. The summed E-state index contributed by atoms with van der Waals surface area (Å²) in [7, 11) is 0. The van der Waals surface area contributed by atoms with E-state index in [9.17, 15) is 0 Å². The lowest BCUT2D eigenvalue weighted by Gasteiger charge is -2.25. The average molecular weight is 285 g/mol. The van der Waals surface area contributed by atoms with Gasteiger partial charge in [-0.15, -0.1) is 0 Å². The molecule has 0 amide bonds. The molecule has 0 saturated heterocycles. The molecule has 1 aromatic carbocycles. The van der Waals surface area contributed by atoms with Crippen LogP contribution in [-0.2, 0) is 0 Å². The van der Waals surface area contributed by atoms with E-state index in [1.807, 2.05) is 13.2 Å². The number of aryl methyl sites for hydroxylation is 1. The highest BCUT2D eigenvalue weighted by atomic mass is 16.3. The van der Waals surface area contributed by atoms with E-state index in [-0.39, 0.29) is 6.04 Å². The molecule has 0 aliphatic heterocycles. The Morgan fingerprint density at radius 1 is 0.905 bits per heavy atom. The van der Waals surface area contributed by atoms with E-state index in [4.69, 9.17) is 4.42 Å². The Labute approximate surface area is 128 Å². The lowest BCUT2D eigenvalue weighted by molar-refractivity contribution is 0.525. The maximum Gasteiger partial charge on any atom is 0.101 e. The highest BCUT2D eigenvalue weighted by Gasteiger charge is 2.22. The van der Waals surface area contributed by atoms with Crippen LogP contribution in [0.2, 0.25) is 0 Å². The zero-order valence-electron chi connectivity index (χ0n) is 14.3. The highest BCUT2D eigenvalue weighted by Crippen LogP contribution is 2.34. The smallest absolute Gasteiger partial charge is 0.101 e. The Kier molecular flexibility index (Phi) is 4.58. The number of hydrogen-bond acceptors (Lipinski definition) is 2. The lowest BCUT2D eigenvalue weighted by atomic mass is 9.84. The maximum absolute atomic E-state index is 5.54. The Morgan fingerprint density at radius 2 is 1.43 bits per heavy atom. The SMILES string of the molecule is CCNC(c1coc(C)c1)c1c(C)c(C)c(C)c(C)c1C. The van der Waals surface area contributed by atoms with Crippen LogP contribution in [0.4, 0.5) is 0 Å². The van der Waals surface area contributed by atoms with Gasteiger partial charge in [-0.25, -0.2) is 0 Å². The summed E-state index contributed by atoms with van der Waals surface area (Å²) in [6.07, 6.45) is 1.88. The molecule has 114 valence electrons. The van der Waals surface area contributed by atoms with Crippen molar-refractivity contribution in [2.75, 3.05) is 6.54 Å². The van der Waals surface area contributed by atoms with Crippen LogP contribution in [0.1, 0.15) is 57.7 Å². The van der Waals surface area contributed by atoms with E-state index < -0.39 is 0 Å². The van der Waals surface area contributed by atoms with E-state index >= 15 is 0 Å². The van der Waals surface area contributed by atoms with Gasteiger partial charge >= 0.3 is 0 Å². The van der Waals surface area contributed by atoms with Crippen molar-refractivity contribution in [3.8, 4) is 0 Å². The average Bonchev–Trinajstić information content (AvgIpc) is 2.88. The monoisotopic (exact) mass is 285 g/mol. The van der Waals surface area contributed by atoms with Gasteiger partial charge in [-0.2, -0.15) is 0 Å². The van der Waals surface area contributed by atoms with Gasteiger partial charge in [0.1, 0.15) is 5.76 Å². The maximum atomic E-state index is 5.54. The summed E-state index contributed by atoms with van der Waals surface area (Å²) in [6.45, 7) is 16.2. The molecule has 0 aliphatic carbocycles. The molecule has 1 unspecified atom stereocenters. The van der Waals surface area contributed by atoms with Crippen LogP contribution in [-0.4, -0.2) is 6.54 Å². The van der Waals surface area contributed by atoms with Gasteiger partial charge in [0, 0.05) is 5.56 Å². The third-order valence-electron chi connectivity index (χ3n) is 4.84. The van der Waals surface area contributed by atoms with Crippen molar-refractivity contribution >= 4 is 0 Å². The minimum atomic E-state index is 0.199. The molecule has 2 rings (SSSR count). The largest absolute Gasteiger partial charge is 0.469 e. The molecule has 2 heteroatoms. The van der Waals surface area contributed by atoms with E-state index in [0.29, 0.717) is 0 Å². The Balaban J connectivity index is 2.66. The lowest BCUT2D eigenvalue weighted by Crippen LogP contribution is -2.24. The van der Waals surface area contributed by atoms with Gasteiger partial charge < -0.3 is 9.73 Å². The summed E-state index contributed by atoms with van der Waals surface area (Å²) < 4.78 is 5.54. The van der Waals surface area contributed by atoms with E-state index in [2.05, 4.69) is 52.9 Å². The standard InChI is InChI=1S/C19H27NO/c1-8-20-19(17-9-11(2)21-10-17)18-15(6)13(4)12(3)14(5)16(18)7/h9-10,19-20H,8H2,1-7H3.